The predicted molar refractivity (Wildman–Crippen MR) is 238 cm³/mol. The van der Waals surface area contributed by atoms with E-state index in [0.717, 1.165) is 6.42 Å². The molecule has 1 aliphatic rings. The highest BCUT2D eigenvalue weighted by molar-refractivity contribution is 6.12. The SMILES string of the molecule is C/C=C\c1c(C)c(-c2cc3ccccc3c3c2C=CCC3C)c2ccccc2c1-c1ccc(C)c(C)c1.C=C.CCC.CCC.Cc1ccccc1. The number of hydrogen-bond donors (Lipinski definition) is 0. The van der Waals surface area contributed by atoms with Crippen LogP contribution in [0.25, 0.3) is 56.0 Å². The standard InChI is InChI=1S/C37H34.C7H8.2C3H8.C2H4/c1-6-12-29-26(5)36(31-16-9-10-17-32(31)37(29)28-20-19-23(2)25(4)21-28)34-22-27-14-7-8-15-30(27)35-24(3)13-11-18-33(34)35;1-7-5-3-2-4-6-7;2*1-3-2;1-2/h6-12,14-22,24H,13H2,1-5H3;2-6H,1H3;2*3H2,1-2H3;1-2H2/b12-6-;;;;. The first-order chi connectivity index (χ1) is 25.2. The van der Waals surface area contributed by atoms with Gasteiger partial charge < -0.3 is 0 Å². The molecule has 1 unspecified atom stereocenters. The van der Waals surface area contributed by atoms with Gasteiger partial charge in [0.05, 0.1) is 0 Å². The van der Waals surface area contributed by atoms with Gasteiger partial charge in [-0.15, -0.1) is 13.2 Å². The molecule has 1 aliphatic carbocycles. The van der Waals surface area contributed by atoms with Crippen LogP contribution in [-0.4, -0.2) is 0 Å². The molecule has 0 aliphatic heterocycles. The molecule has 6 aromatic carbocycles. The molecule has 0 radical (unpaired) electrons. The fourth-order valence-electron chi connectivity index (χ4n) is 6.87. The highest BCUT2D eigenvalue weighted by atomic mass is 14.3. The van der Waals surface area contributed by atoms with Crippen LogP contribution >= 0.6 is 0 Å². The van der Waals surface area contributed by atoms with Crippen molar-refractivity contribution in [3.8, 4) is 22.3 Å². The highest BCUT2D eigenvalue weighted by Gasteiger charge is 2.24. The lowest BCUT2D eigenvalue weighted by Crippen LogP contribution is -2.05. The first kappa shape index (κ1) is 41.5. The molecule has 0 bridgehead atoms. The van der Waals surface area contributed by atoms with Crippen molar-refractivity contribution in [2.24, 2.45) is 0 Å². The minimum Gasteiger partial charge on any atom is -0.106 e. The Bertz CT molecular complexity index is 2090. The van der Waals surface area contributed by atoms with E-state index in [2.05, 4.69) is 192 Å². The molecular weight excluding hydrogens is 625 g/mol. The van der Waals surface area contributed by atoms with Gasteiger partial charge in [-0.2, -0.15) is 0 Å². The van der Waals surface area contributed by atoms with E-state index in [1.807, 2.05) is 18.2 Å². The van der Waals surface area contributed by atoms with E-state index in [1.165, 1.54) is 95.6 Å². The Kier molecular flexibility index (Phi) is 16.6. The summed E-state index contributed by atoms with van der Waals surface area (Å²) < 4.78 is 0. The molecule has 7 rings (SSSR count). The molecule has 0 amide bonds. The molecular formula is C52H62. The summed E-state index contributed by atoms with van der Waals surface area (Å²) >= 11 is 0. The fourth-order valence-corrected chi connectivity index (χ4v) is 6.87. The molecule has 0 heteroatoms. The van der Waals surface area contributed by atoms with Gasteiger partial charge in [0, 0.05) is 0 Å². The van der Waals surface area contributed by atoms with Crippen LogP contribution in [0.2, 0.25) is 0 Å². The van der Waals surface area contributed by atoms with E-state index in [1.54, 1.807) is 0 Å². The van der Waals surface area contributed by atoms with Gasteiger partial charge in [0.2, 0.25) is 0 Å². The summed E-state index contributed by atoms with van der Waals surface area (Å²) in [6.07, 6.45) is 12.8. The zero-order valence-electron chi connectivity index (χ0n) is 33.7. The molecule has 0 fully saturated rings. The van der Waals surface area contributed by atoms with E-state index in [4.69, 9.17) is 0 Å². The average Bonchev–Trinajstić information content (AvgIpc) is 3.15. The fraction of sp³-hybridized carbons (Fsp3) is 0.269. The van der Waals surface area contributed by atoms with Crippen LogP contribution in [0.3, 0.4) is 0 Å². The zero-order chi connectivity index (χ0) is 38.2. The molecule has 0 saturated carbocycles. The Morgan fingerprint density at radius 3 is 1.77 bits per heavy atom. The van der Waals surface area contributed by atoms with Crippen molar-refractivity contribution < 1.29 is 0 Å². The third kappa shape index (κ3) is 9.68. The summed E-state index contributed by atoms with van der Waals surface area (Å²) in [6, 6.07) is 37.5. The first-order valence-corrected chi connectivity index (χ1v) is 19.2. The Labute approximate surface area is 316 Å². The summed E-state index contributed by atoms with van der Waals surface area (Å²) in [4.78, 5) is 0. The van der Waals surface area contributed by atoms with Crippen LogP contribution in [0.4, 0.5) is 0 Å². The topological polar surface area (TPSA) is 0 Å². The van der Waals surface area contributed by atoms with Gasteiger partial charge in [0.25, 0.3) is 0 Å². The van der Waals surface area contributed by atoms with E-state index in [-0.39, 0.29) is 0 Å². The van der Waals surface area contributed by atoms with Crippen molar-refractivity contribution >= 4 is 33.7 Å². The number of hydrogen-bond acceptors (Lipinski definition) is 0. The second-order valence-electron chi connectivity index (χ2n) is 13.7. The molecule has 0 nitrogen and oxygen atoms in total. The highest BCUT2D eigenvalue weighted by Crippen LogP contribution is 2.47. The Morgan fingerprint density at radius 2 is 1.21 bits per heavy atom. The minimum absolute atomic E-state index is 0.501. The third-order valence-electron chi connectivity index (χ3n) is 9.25. The van der Waals surface area contributed by atoms with Gasteiger partial charge in [0.15, 0.2) is 0 Å². The summed E-state index contributed by atoms with van der Waals surface area (Å²) in [5.74, 6) is 0.501. The summed E-state index contributed by atoms with van der Waals surface area (Å²) in [5.41, 5.74) is 14.8. The molecule has 0 spiro atoms. The minimum atomic E-state index is 0.501. The van der Waals surface area contributed by atoms with Gasteiger partial charge in [0.1, 0.15) is 0 Å². The lowest BCUT2D eigenvalue weighted by Gasteiger charge is -2.26. The van der Waals surface area contributed by atoms with Crippen molar-refractivity contribution in [1.82, 2.24) is 0 Å². The quantitative estimate of drug-likeness (QED) is 0.163. The van der Waals surface area contributed by atoms with Crippen LogP contribution in [0, 0.1) is 27.7 Å². The number of rotatable bonds is 3. The van der Waals surface area contributed by atoms with Crippen molar-refractivity contribution in [2.75, 3.05) is 0 Å². The van der Waals surface area contributed by atoms with Crippen molar-refractivity contribution in [3.63, 3.8) is 0 Å². The normalized spacial score (nSPS) is 12.7. The van der Waals surface area contributed by atoms with E-state index in [0.29, 0.717) is 5.92 Å². The largest absolute Gasteiger partial charge is 0.106 e. The van der Waals surface area contributed by atoms with Crippen molar-refractivity contribution in [1.29, 1.82) is 0 Å². The lowest BCUT2D eigenvalue weighted by atomic mass is 9.77. The maximum absolute atomic E-state index is 3.00. The molecule has 0 heterocycles. The van der Waals surface area contributed by atoms with Gasteiger partial charge in [-0.05, 0) is 130 Å². The molecule has 0 N–H and O–H groups in total. The molecule has 52 heavy (non-hydrogen) atoms. The number of allylic oxidation sites excluding steroid dienone is 2. The Morgan fingerprint density at radius 1 is 0.654 bits per heavy atom. The Balaban J connectivity index is 0.000000413. The number of benzene rings is 6. The van der Waals surface area contributed by atoms with E-state index >= 15 is 0 Å². The third-order valence-corrected chi connectivity index (χ3v) is 9.25. The monoisotopic (exact) mass is 686 g/mol. The van der Waals surface area contributed by atoms with Crippen LogP contribution in [0.5, 0.6) is 0 Å². The summed E-state index contributed by atoms with van der Waals surface area (Å²) in [5, 5.41) is 5.35. The van der Waals surface area contributed by atoms with Crippen molar-refractivity contribution in [3.05, 3.63) is 167 Å². The molecule has 6 aromatic rings. The van der Waals surface area contributed by atoms with Crippen LogP contribution in [0.15, 0.2) is 128 Å². The van der Waals surface area contributed by atoms with Gasteiger partial charge in [-0.3, -0.25) is 0 Å². The molecule has 0 saturated heterocycles. The van der Waals surface area contributed by atoms with E-state index in [9.17, 15) is 0 Å². The van der Waals surface area contributed by atoms with Crippen LogP contribution in [0.1, 0.15) is 106 Å². The molecule has 0 aromatic heterocycles. The predicted octanol–water partition coefficient (Wildman–Crippen LogP) is 16.4. The smallest absolute Gasteiger partial charge is 0.00297 e. The number of fused-ring (bicyclic) bond motifs is 4. The van der Waals surface area contributed by atoms with E-state index < -0.39 is 0 Å². The lowest BCUT2D eigenvalue weighted by molar-refractivity contribution is 0.779. The molecule has 1 atom stereocenters. The van der Waals surface area contributed by atoms with Crippen LogP contribution < -0.4 is 0 Å². The van der Waals surface area contributed by atoms with Gasteiger partial charge in [-0.1, -0.05) is 174 Å². The zero-order valence-corrected chi connectivity index (χ0v) is 33.7. The maximum Gasteiger partial charge on any atom is -0.00297 e. The second-order valence-corrected chi connectivity index (χ2v) is 13.7. The van der Waals surface area contributed by atoms with Crippen molar-refractivity contribution in [2.45, 2.75) is 94.4 Å². The van der Waals surface area contributed by atoms with Gasteiger partial charge >= 0.3 is 0 Å². The first-order valence-electron chi connectivity index (χ1n) is 19.2. The Hall–Kier alpha value is -4.94. The average molecular weight is 687 g/mol. The second kappa shape index (κ2) is 20.8. The summed E-state index contributed by atoms with van der Waals surface area (Å²) in [7, 11) is 0. The van der Waals surface area contributed by atoms with Crippen LogP contribution in [-0.2, 0) is 0 Å². The maximum atomic E-state index is 3.00. The summed E-state index contributed by atoms with van der Waals surface area (Å²) in [6.45, 7) is 27.8. The molecule has 270 valence electrons. The number of aryl methyl sites for hydroxylation is 3. The van der Waals surface area contributed by atoms with Gasteiger partial charge in [-0.25, -0.2) is 0 Å².